The Bertz CT molecular complexity index is 425. The Morgan fingerprint density at radius 1 is 1.29 bits per heavy atom. The van der Waals surface area contributed by atoms with Crippen LogP contribution in [0.2, 0.25) is 0 Å². The smallest absolute Gasteiger partial charge is 0.311 e. The van der Waals surface area contributed by atoms with E-state index in [0.29, 0.717) is 30.3 Å². The molecule has 1 N–H and O–H groups in total. The molecule has 1 atom stereocenters. The van der Waals surface area contributed by atoms with Gasteiger partial charge in [-0.1, -0.05) is 26.0 Å². The van der Waals surface area contributed by atoms with Crippen molar-refractivity contribution in [1.82, 2.24) is 0 Å². The van der Waals surface area contributed by atoms with Gasteiger partial charge < -0.3 is 14.6 Å². The van der Waals surface area contributed by atoms with Crippen molar-refractivity contribution in [3.05, 3.63) is 23.8 Å². The maximum Gasteiger partial charge on any atom is 0.311 e. The summed E-state index contributed by atoms with van der Waals surface area (Å²) in [7, 11) is 0. The highest BCUT2D eigenvalue weighted by molar-refractivity contribution is 5.78. The summed E-state index contributed by atoms with van der Waals surface area (Å²) in [6, 6.07) is 5.41. The van der Waals surface area contributed by atoms with E-state index in [4.69, 9.17) is 9.47 Å². The molecule has 0 spiro atoms. The normalized spacial score (nSPS) is 15.7. The number of hydrogen-bond donors (Lipinski definition) is 1. The summed E-state index contributed by atoms with van der Waals surface area (Å²) >= 11 is 0. The molecule has 1 aromatic carbocycles. The van der Waals surface area contributed by atoms with E-state index in [-0.39, 0.29) is 5.92 Å². The maximum atomic E-state index is 11.3. The van der Waals surface area contributed by atoms with Crippen molar-refractivity contribution in [3.63, 3.8) is 0 Å². The average Bonchev–Trinajstić information content (AvgIpc) is 2.28. The minimum Gasteiger partial charge on any atom is -0.486 e. The summed E-state index contributed by atoms with van der Waals surface area (Å²) in [6.07, 6.45) is 0. The summed E-state index contributed by atoms with van der Waals surface area (Å²) in [5.74, 6) is -0.167. The van der Waals surface area contributed by atoms with Crippen LogP contribution in [-0.4, -0.2) is 24.3 Å². The first-order valence-corrected chi connectivity index (χ1v) is 5.72. The van der Waals surface area contributed by atoms with Crippen molar-refractivity contribution in [2.45, 2.75) is 19.8 Å². The predicted octanol–water partition coefficient (Wildman–Crippen LogP) is 2.28. The lowest BCUT2D eigenvalue weighted by Gasteiger charge is -2.25. The van der Waals surface area contributed by atoms with E-state index in [1.54, 1.807) is 18.2 Å². The van der Waals surface area contributed by atoms with Crippen molar-refractivity contribution >= 4 is 5.97 Å². The molecule has 1 heterocycles. The van der Waals surface area contributed by atoms with Gasteiger partial charge in [-0.05, 0) is 12.0 Å². The van der Waals surface area contributed by atoms with E-state index < -0.39 is 11.9 Å². The van der Waals surface area contributed by atoms with Gasteiger partial charge in [-0.15, -0.1) is 0 Å². The fraction of sp³-hybridized carbons (Fsp3) is 0.462. The van der Waals surface area contributed by atoms with Gasteiger partial charge >= 0.3 is 5.97 Å². The van der Waals surface area contributed by atoms with Crippen LogP contribution < -0.4 is 9.47 Å². The highest BCUT2D eigenvalue weighted by Gasteiger charge is 2.29. The largest absolute Gasteiger partial charge is 0.486 e. The lowest BCUT2D eigenvalue weighted by molar-refractivity contribution is -0.139. The second kappa shape index (κ2) is 4.65. The molecule has 4 nitrogen and oxygen atoms in total. The standard InChI is InChI=1S/C13H16O4/c1-8(2)11(13(14)15)9-4-3-5-10-12(9)17-7-6-16-10/h3-5,8,11H,6-7H2,1-2H3,(H,14,15). The fourth-order valence-corrected chi connectivity index (χ4v) is 2.12. The van der Waals surface area contributed by atoms with Gasteiger partial charge in [0.2, 0.25) is 0 Å². The van der Waals surface area contributed by atoms with E-state index in [1.807, 2.05) is 13.8 Å². The van der Waals surface area contributed by atoms with Gasteiger partial charge in [0.25, 0.3) is 0 Å². The average molecular weight is 236 g/mol. The SMILES string of the molecule is CC(C)C(C(=O)O)c1cccc2c1OCCO2. The topological polar surface area (TPSA) is 55.8 Å². The third kappa shape index (κ3) is 2.20. The number of carbonyl (C=O) groups is 1. The Labute approximate surface area is 100 Å². The van der Waals surface area contributed by atoms with E-state index in [0.717, 1.165) is 0 Å². The molecule has 0 aromatic heterocycles. The number of carboxylic acid groups (broad SMARTS) is 1. The number of fused-ring (bicyclic) bond motifs is 1. The van der Waals surface area contributed by atoms with Crippen LogP contribution >= 0.6 is 0 Å². The van der Waals surface area contributed by atoms with Crippen molar-refractivity contribution in [2.75, 3.05) is 13.2 Å². The van der Waals surface area contributed by atoms with Crippen molar-refractivity contribution in [3.8, 4) is 11.5 Å². The third-order valence-electron chi connectivity index (χ3n) is 2.86. The van der Waals surface area contributed by atoms with Crippen molar-refractivity contribution in [1.29, 1.82) is 0 Å². The van der Waals surface area contributed by atoms with Gasteiger partial charge in [-0.3, -0.25) is 4.79 Å². The molecule has 0 radical (unpaired) electrons. The third-order valence-corrected chi connectivity index (χ3v) is 2.86. The molecule has 1 aromatic rings. The Balaban J connectivity index is 2.46. The molecule has 2 rings (SSSR count). The molecule has 0 saturated carbocycles. The van der Waals surface area contributed by atoms with Crippen LogP contribution in [0.3, 0.4) is 0 Å². The first-order chi connectivity index (χ1) is 8.11. The van der Waals surface area contributed by atoms with Gasteiger partial charge in [0, 0.05) is 5.56 Å². The molecule has 1 unspecified atom stereocenters. The summed E-state index contributed by atoms with van der Waals surface area (Å²) in [6.45, 7) is 4.76. The van der Waals surface area contributed by atoms with Crippen molar-refractivity contribution < 1.29 is 19.4 Å². The van der Waals surface area contributed by atoms with Crippen molar-refractivity contribution in [2.24, 2.45) is 5.92 Å². The van der Waals surface area contributed by atoms with Crippen LogP contribution in [-0.2, 0) is 4.79 Å². The molecular formula is C13H16O4. The Kier molecular flexibility index (Phi) is 3.22. The van der Waals surface area contributed by atoms with Gasteiger partial charge in [0.05, 0.1) is 5.92 Å². The number of benzene rings is 1. The summed E-state index contributed by atoms with van der Waals surface area (Å²) in [5.41, 5.74) is 0.699. The molecule has 1 aliphatic rings. The molecule has 0 bridgehead atoms. The van der Waals surface area contributed by atoms with E-state index in [2.05, 4.69) is 0 Å². The van der Waals surface area contributed by atoms with Crippen LogP contribution in [0.15, 0.2) is 18.2 Å². The van der Waals surface area contributed by atoms with E-state index >= 15 is 0 Å². The summed E-state index contributed by atoms with van der Waals surface area (Å²) < 4.78 is 11.0. The number of rotatable bonds is 3. The minimum atomic E-state index is -0.831. The van der Waals surface area contributed by atoms with E-state index in [1.165, 1.54) is 0 Å². The first kappa shape index (κ1) is 11.8. The molecule has 92 valence electrons. The Morgan fingerprint density at radius 2 is 2.00 bits per heavy atom. The zero-order valence-electron chi connectivity index (χ0n) is 9.97. The number of hydrogen-bond acceptors (Lipinski definition) is 3. The number of ether oxygens (including phenoxy) is 2. The van der Waals surface area contributed by atoms with Crippen LogP contribution in [0, 0.1) is 5.92 Å². The number of para-hydroxylation sites is 1. The van der Waals surface area contributed by atoms with Gasteiger partial charge in [0.15, 0.2) is 11.5 Å². The highest BCUT2D eigenvalue weighted by Crippen LogP contribution is 2.40. The Hall–Kier alpha value is -1.71. The van der Waals surface area contributed by atoms with Crippen LogP contribution in [0.4, 0.5) is 0 Å². The van der Waals surface area contributed by atoms with Crippen LogP contribution in [0.1, 0.15) is 25.3 Å². The monoisotopic (exact) mass is 236 g/mol. The van der Waals surface area contributed by atoms with E-state index in [9.17, 15) is 9.90 Å². The molecule has 0 aliphatic carbocycles. The van der Waals surface area contributed by atoms with Gasteiger partial charge in [-0.2, -0.15) is 0 Å². The maximum absolute atomic E-state index is 11.3. The number of aliphatic carboxylic acids is 1. The lowest BCUT2D eigenvalue weighted by atomic mass is 9.87. The molecular weight excluding hydrogens is 220 g/mol. The predicted molar refractivity (Wildman–Crippen MR) is 62.6 cm³/mol. The zero-order chi connectivity index (χ0) is 12.4. The molecule has 0 amide bonds. The molecule has 0 saturated heterocycles. The summed E-state index contributed by atoms with van der Waals surface area (Å²) in [5, 5.41) is 9.30. The Morgan fingerprint density at radius 3 is 2.65 bits per heavy atom. The van der Waals surface area contributed by atoms with Gasteiger partial charge in [0.1, 0.15) is 13.2 Å². The fourth-order valence-electron chi connectivity index (χ4n) is 2.12. The zero-order valence-corrected chi connectivity index (χ0v) is 9.97. The summed E-state index contributed by atoms with van der Waals surface area (Å²) in [4.78, 5) is 11.3. The molecule has 4 heteroatoms. The van der Waals surface area contributed by atoms with Crippen LogP contribution in [0.5, 0.6) is 11.5 Å². The molecule has 17 heavy (non-hydrogen) atoms. The lowest BCUT2D eigenvalue weighted by Crippen LogP contribution is -2.22. The number of carboxylic acids is 1. The second-order valence-corrected chi connectivity index (χ2v) is 4.43. The van der Waals surface area contributed by atoms with Crippen LogP contribution in [0.25, 0.3) is 0 Å². The molecule has 0 fully saturated rings. The van der Waals surface area contributed by atoms with Gasteiger partial charge in [-0.25, -0.2) is 0 Å². The highest BCUT2D eigenvalue weighted by atomic mass is 16.6. The first-order valence-electron chi connectivity index (χ1n) is 5.72. The molecule has 1 aliphatic heterocycles. The minimum absolute atomic E-state index is 0.00419. The second-order valence-electron chi connectivity index (χ2n) is 4.43. The quantitative estimate of drug-likeness (QED) is 0.874.